The van der Waals surface area contributed by atoms with E-state index in [1.54, 1.807) is 38.4 Å². The van der Waals surface area contributed by atoms with E-state index >= 15 is 0 Å². The summed E-state index contributed by atoms with van der Waals surface area (Å²) < 4.78 is 6.42. The lowest BCUT2D eigenvalue weighted by Gasteiger charge is -2.20. The number of amides is 3. The molecule has 1 heterocycles. The van der Waals surface area contributed by atoms with Gasteiger partial charge in [0.2, 0.25) is 0 Å². The van der Waals surface area contributed by atoms with Gasteiger partial charge in [0, 0.05) is 22.2 Å². The second kappa shape index (κ2) is 10.5. The van der Waals surface area contributed by atoms with Gasteiger partial charge >= 0.3 is 12.0 Å². The van der Waals surface area contributed by atoms with Gasteiger partial charge in [0.05, 0.1) is 12.2 Å². The van der Waals surface area contributed by atoms with E-state index in [1.165, 1.54) is 6.08 Å². The molecule has 1 aromatic heterocycles. The first-order valence-electron chi connectivity index (χ1n) is 9.39. The molecular weight excluding hydrogens is 443 g/mol. The van der Waals surface area contributed by atoms with Crippen LogP contribution in [0.3, 0.4) is 0 Å². The summed E-state index contributed by atoms with van der Waals surface area (Å²) in [4.78, 5) is 35.3. The Morgan fingerprint density at radius 3 is 2.52 bits per heavy atom. The first-order chi connectivity index (χ1) is 14.5. The molecule has 0 aliphatic rings. The molecule has 0 saturated carbocycles. The van der Waals surface area contributed by atoms with Crippen LogP contribution in [0.2, 0.25) is 10.2 Å². The summed E-state index contributed by atoms with van der Waals surface area (Å²) in [6.45, 7) is 6.83. The molecule has 8 nitrogen and oxygen atoms in total. The van der Waals surface area contributed by atoms with Crippen LogP contribution >= 0.6 is 23.2 Å². The number of hydrogen-bond acceptors (Lipinski definition) is 5. The molecule has 3 amide bonds. The summed E-state index contributed by atoms with van der Waals surface area (Å²) in [5, 5.41) is 9.95. The van der Waals surface area contributed by atoms with Crippen molar-refractivity contribution in [3.63, 3.8) is 0 Å². The van der Waals surface area contributed by atoms with Gasteiger partial charge in [-0.15, -0.1) is 0 Å². The molecule has 166 valence electrons. The number of nitrogens with zero attached hydrogens (tertiary/aromatic N) is 2. The number of aryl methyl sites for hydroxylation is 1. The van der Waals surface area contributed by atoms with Crippen LogP contribution in [-0.4, -0.2) is 39.8 Å². The van der Waals surface area contributed by atoms with Crippen molar-refractivity contribution in [3.05, 3.63) is 57.3 Å². The Morgan fingerprint density at radius 1 is 1.19 bits per heavy atom. The van der Waals surface area contributed by atoms with E-state index in [2.05, 4.69) is 15.7 Å². The number of esters is 1. The molecule has 0 aliphatic carbocycles. The average Bonchev–Trinajstić information content (AvgIpc) is 2.91. The van der Waals surface area contributed by atoms with Crippen molar-refractivity contribution in [1.29, 1.82) is 0 Å². The number of hydrogen-bond donors (Lipinski definition) is 2. The maximum Gasteiger partial charge on any atom is 0.331 e. The smallest absolute Gasteiger partial charge is 0.331 e. The highest BCUT2D eigenvalue weighted by atomic mass is 35.5. The molecule has 2 N–H and O–H groups in total. The summed E-state index contributed by atoms with van der Waals surface area (Å²) in [5.74, 6) is -1.51. The SMILES string of the molecule is Cc1nn(Cc2ccccc2Cl)c(Cl)c1C=CC(=O)OCC(=O)NC(=O)NC(C)(C)C. The van der Waals surface area contributed by atoms with E-state index in [0.717, 1.165) is 11.6 Å². The van der Waals surface area contributed by atoms with E-state index in [-0.39, 0.29) is 0 Å². The highest BCUT2D eigenvalue weighted by Crippen LogP contribution is 2.24. The summed E-state index contributed by atoms with van der Waals surface area (Å²) in [7, 11) is 0. The van der Waals surface area contributed by atoms with Gasteiger partial charge in [-0.05, 0) is 45.4 Å². The Morgan fingerprint density at radius 2 is 1.87 bits per heavy atom. The van der Waals surface area contributed by atoms with Gasteiger partial charge in [-0.1, -0.05) is 41.4 Å². The Labute approximate surface area is 190 Å². The third-order valence-electron chi connectivity index (χ3n) is 3.86. The van der Waals surface area contributed by atoms with Crippen LogP contribution in [0, 0.1) is 6.92 Å². The zero-order valence-electron chi connectivity index (χ0n) is 17.7. The highest BCUT2D eigenvalue weighted by molar-refractivity contribution is 6.32. The zero-order chi connectivity index (χ0) is 23.2. The second-order valence-electron chi connectivity index (χ2n) is 7.73. The predicted octanol–water partition coefficient (Wildman–Crippen LogP) is 3.73. The fourth-order valence-electron chi connectivity index (χ4n) is 2.52. The monoisotopic (exact) mass is 466 g/mol. The summed E-state index contributed by atoms with van der Waals surface area (Å²) in [6.07, 6.45) is 2.60. The number of nitrogens with one attached hydrogen (secondary N) is 2. The second-order valence-corrected chi connectivity index (χ2v) is 8.50. The van der Waals surface area contributed by atoms with Gasteiger partial charge < -0.3 is 10.1 Å². The largest absolute Gasteiger partial charge is 0.452 e. The van der Waals surface area contributed by atoms with Crippen molar-refractivity contribution in [3.8, 4) is 0 Å². The van der Waals surface area contributed by atoms with Crippen LogP contribution < -0.4 is 10.6 Å². The lowest BCUT2D eigenvalue weighted by Crippen LogP contribution is -2.49. The number of carbonyl (C=O) groups excluding carboxylic acids is 3. The Kier molecular flexibility index (Phi) is 8.24. The number of rotatable bonds is 6. The van der Waals surface area contributed by atoms with Gasteiger partial charge in [0.25, 0.3) is 5.91 Å². The highest BCUT2D eigenvalue weighted by Gasteiger charge is 2.17. The van der Waals surface area contributed by atoms with Crippen molar-refractivity contribution < 1.29 is 19.1 Å². The Hall–Kier alpha value is -2.84. The number of ether oxygens (including phenoxy) is 1. The van der Waals surface area contributed by atoms with Crippen LogP contribution in [0.15, 0.2) is 30.3 Å². The molecule has 2 aromatic rings. The normalized spacial score (nSPS) is 11.4. The molecule has 2 rings (SSSR count). The first kappa shape index (κ1) is 24.4. The minimum atomic E-state index is -0.763. The third kappa shape index (κ3) is 7.73. The number of benzene rings is 1. The topological polar surface area (TPSA) is 102 Å². The molecule has 0 aliphatic heterocycles. The van der Waals surface area contributed by atoms with Gasteiger partial charge in [-0.25, -0.2) is 14.3 Å². The van der Waals surface area contributed by atoms with Gasteiger partial charge in [-0.3, -0.25) is 10.1 Å². The van der Waals surface area contributed by atoms with Gasteiger partial charge in [-0.2, -0.15) is 5.10 Å². The van der Waals surface area contributed by atoms with Gasteiger partial charge in [0.1, 0.15) is 5.15 Å². The number of urea groups is 1. The van der Waals surface area contributed by atoms with Crippen molar-refractivity contribution in [2.24, 2.45) is 0 Å². The van der Waals surface area contributed by atoms with E-state index in [0.29, 0.717) is 28.0 Å². The molecule has 0 bridgehead atoms. The average molecular weight is 467 g/mol. The number of aromatic nitrogens is 2. The zero-order valence-corrected chi connectivity index (χ0v) is 19.2. The van der Waals surface area contributed by atoms with Crippen LogP contribution in [0.25, 0.3) is 6.08 Å². The minimum Gasteiger partial charge on any atom is -0.452 e. The Bertz CT molecular complexity index is 1010. The third-order valence-corrected chi connectivity index (χ3v) is 4.63. The molecule has 0 spiro atoms. The lowest BCUT2D eigenvalue weighted by atomic mass is 10.1. The van der Waals surface area contributed by atoms with Crippen molar-refractivity contribution in [1.82, 2.24) is 20.4 Å². The van der Waals surface area contributed by atoms with Crippen molar-refractivity contribution in [2.45, 2.75) is 39.8 Å². The van der Waals surface area contributed by atoms with E-state index in [4.69, 9.17) is 27.9 Å². The molecule has 1 aromatic carbocycles. The molecule has 10 heteroatoms. The first-order valence-corrected chi connectivity index (χ1v) is 10.1. The van der Waals surface area contributed by atoms with E-state index in [1.807, 2.05) is 18.2 Å². The maximum atomic E-state index is 11.9. The fraction of sp³-hybridized carbons (Fsp3) is 0.333. The lowest BCUT2D eigenvalue weighted by molar-refractivity contribution is -0.143. The Balaban J connectivity index is 1.94. The molecule has 0 saturated heterocycles. The predicted molar refractivity (Wildman–Crippen MR) is 119 cm³/mol. The standard InChI is InChI=1S/C21H24Cl2N4O4/c1-13-15(19(23)27(26-13)11-14-7-5-6-8-16(14)22)9-10-18(29)31-12-17(28)24-20(30)25-21(2,3)4/h5-10H,11-12H2,1-4H3,(H2,24,25,28,30). The molecular formula is C21H24Cl2N4O4. The number of halogens is 2. The maximum absolute atomic E-state index is 11.9. The molecule has 0 fully saturated rings. The van der Waals surface area contributed by atoms with Crippen molar-refractivity contribution >= 4 is 47.2 Å². The molecule has 0 unspecified atom stereocenters. The quantitative estimate of drug-likeness (QED) is 0.498. The molecule has 31 heavy (non-hydrogen) atoms. The van der Waals surface area contributed by atoms with Crippen LogP contribution in [0.4, 0.5) is 4.79 Å². The molecule has 0 radical (unpaired) electrons. The van der Waals surface area contributed by atoms with Crippen molar-refractivity contribution in [2.75, 3.05) is 6.61 Å². The number of imide groups is 1. The van der Waals surface area contributed by atoms with E-state index < -0.39 is 30.1 Å². The fourth-order valence-corrected chi connectivity index (χ4v) is 3.01. The van der Waals surface area contributed by atoms with Gasteiger partial charge in [0.15, 0.2) is 6.61 Å². The summed E-state index contributed by atoms with van der Waals surface area (Å²) in [6, 6.07) is 6.68. The van der Waals surface area contributed by atoms with Crippen LogP contribution in [0.5, 0.6) is 0 Å². The molecule has 0 atom stereocenters. The van der Waals surface area contributed by atoms with Crippen LogP contribution in [-0.2, 0) is 20.9 Å². The van der Waals surface area contributed by atoms with E-state index in [9.17, 15) is 14.4 Å². The minimum absolute atomic E-state index is 0.332. The summed E-state index contributed by atoms with van der Waals surface area (Å²) in [5.41, 5.74) is 1.50. The number of carbonyl (C=O) groups is 3. The summed E-state index contributed by atoms with van der Waals surface area (Å²) >= 11 is 12.6. The van der Waals surface area contributed by atoms with Crippen LogP contribution in [0.1, 0.15) is 37.6 Å².